The third-order valence-electron chi connectivity index (χ3n) is 1.49. The van der Waals surface area contributed by atoms with Crippen molar-refractivity contribution in [1.82, 2.24) is 0 Å². The minimum atomic E-state index is -0.745. The quantitative estimate of drug-likeness (QED) is 0.661. The maximum atomic E-state index is 8.76. The molecule has 3 N–H and O–H groups in total. The molecule has 0 radical (unpaired) electrons. The molecule has 0 amide bonds. The minimum absolute atomic E-state index is 0.495. The summed E-state index contributed by atoms with van der Waals surface area (Å²) in [4.78, 5) is 0. The molecule has 0 aliphatic carbocycles. The van der Waals surface area contributed by atoms with E-state index < -0.39 is 6.23 Å². The smallest absolute Gasteiger partial charge is 0.105 e. The van der Waals surface area contributed by atoms with E-state index in [0.717, 1.165) is 5.56 Å². The fourth-order valence-electron chi connectivity index (χ4n) is 0.908. The molecule has 0 aliphatic heterocycles. The number of rotatable bonds is 3. The summed E-state index contributed by atoms with van der Waals surface area (Å²) in [5.74, 6) is 0. The summed E-state index contributed by atoms with van der Waals surface area (Å²) in [7, 11) is 0. The molecule has 64 valence electrons. The summed E-state index contributed by atoms with van der Waals surface area (Å²) in [6.07, 6.45) is 3.55. The first-order chi connectivity index (χ1) is 5.79. The molecule has 0 aromatic heterocycles. The molecule has 0 saturated heterocycles. The highest BCUT2D eigenvalue weighted by Gasteiger charge is 1.88. The van der Waals surface area contributed by atoms with Gasteiger partial charge in [-0.1, -0.05) is 42.5 Å². The van der Waals surface area contributed by atoms with Gasteiger partial charge in [0.15, 0.2) is 0 Å². The molecule has 1 unspecified atom stereocenters. The van der Waals surface area contributed by atoms with Crippen LogP contribution < -0.4 is 5.73 Å². The second kappa shape index (κ2) is 4.70. The lowest BCUT2D eigenvalue weighted by Crippen LogP contribution is -2.16. The maximum absolute atomic E-state index is 8.76. The van der Waals surface area contributed by atoms with E-state index in [1.807, 2.05) is 42.5 Å². The first-order valence-corrected chi connectivity index (χ1v) is 3.94. The van der Waals surface area contributed by atoms with Gasteiger partial charge in [-0.15, -0.1) is 0 Å². The molecule has 1 atom stereocenters. The van der Waals surface area contributed by atoms with Gasteiger partial charge in [0.05, 0.1) is 0 Å². The van der Waals surface area contributed by atoms with Crippen LogP contribution in [0.15, 0.2) is 36.4 Å². The number of hydrogen-bond donors (Lipinski definition) is 2. The summed E-state index contributed by atoms with van der Waals surface area (Å²) in [6, 6.07) is 9.91. The highest BCUT2D eigenvalue weighted by atomic mass is 16.3. The Morgan fingerprint density at radius 2 is 2.00 bits per heavy atom. The molecular formula is C10H13NO. The van der Waals surface area contributed by atoms with Crippen molar-refractivity contribution in [2.24, 2.45) is 5.73 Å². The molecule has 0 fully saturated rings. The van der Waals surface area contributed by atoms with Crippen LogP contribution in [-0.2, 0) is 0 Å². The van der Waals surface area contributed by atoms with E-state index in [4.69, 9.17) is 10.8 Å². The maximum Gasteiger partial charge on any atom is 0.105 e. The fraction of sp³-hybridized carbons (Fsp3) is 0.200. The van der Waals surface area contributed by atoms with Crippen molar-refractivity contribution in [3.63, 3.8) is 0 Å². The molecule has 0 spiro atoms. The lowest BCUT2D eigenvalue weighted by molar-refractivity contribution is 0.186. The van der Waals surface area contributed by atoms with Gasteiger partial charge >= 0.3 is 0 Å². The molecule has 1 aromatic rings. The molecule has 0 aliphatic rings. The van der Waals surface area contributed by atoms with E-state index in [1.165, 1.54) is 0 Å². The van der Waals surface area contributed by atoms with Crippen LogP contribution in [0.25, 0.3) is 6.08 Å². The molecule has 0 heterocycles. The molecule has 0 saturated carbocycles. The summed E-state index contributed by atoms with van der Waals surface area (Å²) in [6.45, 7) is 0. The zero-order chi connectivity index (χ0) is 8.81. The predicted octanol–water partition coefficient (Wildman–Crippen LogP) is 1.37. The molecule has 2 heteroatoms. The van der Waals surface area contributed by atoms with E-state index in [9.17, 15) is 0 Å². The van der Waals surface area contributed by atoms with Gasteiger partial charge < -0.3 is 10.8 Å². The molecule has 0 bridgehead atoms. The van der Waals surface area contributed by atoms with E-state index in [-0.39, 0.29) is 0 Å². The zero-order valence-corrected chi connectivity index (χ0v) is 6.85. The highest BCUT2D eigenvalue weighted by molar-refractivity contribution is 5.48. The Hall–Kier alpha value is -1.12. The van der Waals surface area contributed by atoms with Crippen LogP contribution in [0.4, 0.5) is 0 Å². The standard InChI is InChI=1S/C10H13NO/c11-10(12)8-4-7-9-5-2-1-3-6-9/h1-7,10,12H,8,11H2. The third kappa shape index (κ3) is 3.32. The van der Waals surface area contributed by atoms with Gasteiger partial charge in [0.1, 0.15) is 6.23 Å². The lowest BCUT2D eigenvalue weighted by Gasteiger charge is -1.96. The van der Waals surface area contributed by atoms with Crippen molar-refractivity contribution in [2.45, 2.75) is 12.6 Å². The van der Waals surface area contributed by atoms with Gasteiger partial charge in [-0.25, -0.2) is 0 Å². The molecule has 1 aromatic carbocycles. The van der Waals surface area contributed by atoms with Crippen molar-refractivity contribution in [3.05, 3.63) is 42.0 Å². The molecule has 2 nitrogen and oxygen atoms in total. The monoisotopic (exact) mass is 163 g/mol. The van der Waals surface area contributed by atoms with E-state index >= 15 is 0 Å². The number of aliphatic hydroxyl groups is 1. The van der Waals surface area contributed by atoms with Crippen LogP contribution in [0.1, 0.15) is 12.0 Å². The van der Waals surface area contributed by atoms with Gasteiger partial charge in [-0.3, -0.25) is 0 Å². The first-order valence-electron chi connectivity index (χ1n) is 3.94. The van der Waals surface area contributed by atoms with Gasteiger partial charge in [-0.05, 0) is 5.56 Å². The normalized spacial score (nSPS) is 13.5. The van der Waals surface area contributed by atoms with Crippen LogP contribution in [0, 0.1) is 0 Å². The Labute approximate surface area is 72.3 Å². The Kier molecular flexibility index (Phi) is 3.51. The van der Waals surface area contributed by atoms with Crippen molar-refractivity contribution in [3.8, 4) is 0 Å². The molecule has 1 rings (SSSR count). The average molecular weight is 163 g/mol. The predicted molar refractivity (Wildman–Crippen MR) is 50.3 cm³/mol. The minimum Gasteiger partial charge on any atom is -0.379 e. The number of aliphatic hydroxyl groups excluding tert-OH is 1. The SMILES string of the molecule is NC(O)CC=Cc1ccccc1. The van der Waals surface area contributed by atoms with Crippen LogP contribution in [0.2, 0.25) is 0 Å². The summed E-state index contributed by atoms with van der Waals surface area (Å²) < 4.78 is 0. The fourth-order valence-corrected chi connectivity index (χ4v) is 0.908. The summed E-state index contributed by atoms with van der Waals surface area (Å²) in [5, 5.41) is 8.76. The third-order valence-corrected chi connectivity index (χ3v) is 1.49. The van der Waals surface area contributed by atoms with Crippen molar-refractivity contribution in [2.75, 3.05) is 0 Å². The van der Waals surface area contributed by atoms with Crippen molar-refractivity contribution >= 4 is 6.08 Å². The van der Waals surface area contributed by atoms with Crippen molar-refractivity contribution < 1.29 is 5.11 Å². The molecule has 12 heavy (non-hydrogen) atoms. The summed E-state index contributed by atoms with van der Waals surface area (Å²) >= 11 is 0. The highest BCUT2D eigenvalue weighted by Crippen LogP contribution is 2.01. The van der Waals surface area contributed by atoms with Crippen LogP contribution in [-0.4, -0.2) is 11.3 Å². The number of nitrogens with two attached hydrogens (primary N) is 1. The van der Waals surface area contributed by atoms with Gasteiger partial charge in [0.2, 0.25) is 0 Å². The summed E-state index contributed by atoms with van der Waals surface area (Å²) in [5.41, 5.74) is 6.28. The van der Waals surface area contributed by atoms with E-state index in [1.54, 1.807) is 0 Å². The lowest BCUT2D eigenvalue weighted by atomic mass is 10.2. The second-order valence-electron chi connectivity index (χ2n) is 2.62. The van der Waals surface area contributed by atoms with Gasteiger partial charge in [0, 0.05) is 6.42 Å². The van der Waals surface area contributed by atoms with Crippen LogP contribution >= 0.6 is 0 Å². The average Bonchev–Trinajstić information content (AvgIpc) is 2.05. The first kappa shape index (κ1) is 8.97. The van der Waals surface area contributed by atoms with E-state index in [0.29, 0.717) is 6.42 Å². The zero-order valence-electron chi connectivity index (χ0n) is 6.85. The Morgan fingerprint density at radius 3 is 2.58 bits per heavy atom. The largest absolute Gasteiger partial charge is 0.379 e. The molecular weight excluding hydrogens is 150 g/mol. The van der Waals surface area contributed by atoms with Gasteiger partial charge in [0.25, 0.3) is 0 Å². The topological polar surface area (TPSA) is 46.2 Å². The second-order valence-corrected chi connectivity index (χ2v) is 2.62. The van der Waals surface area contributed by atoms with Crippen LogP contribution in [0.5, 0.6) is 0 Å². The van der Waals surface area contributed by atoms with Crippen molar-refractivity contribution in [1.29, 1.82) is 0 Å². The number of hydrogen-bond acceptors (Lipinski definition) is 2. The Bertz CT molecular complexity index is 241. The Morgan fingerprint density at radius 1 is 1.33 bits per heavy atom. The van der Waals surface area contributed by atoms with E-state index in [2.05, 4.69) is 0 Å². The number of benzene rings is 1. The Balaban J connectivity index is 2.47. The van der Waals surface area contributed by atoms with Gasteiger partial charge in [-0.2, -0.15) is 0 Å². The van der Waals surface area contributed by atoms with Crippen LogP contribution in [0.3, 0.4) is 0 Å².